The van der Waals surface area contributed by atoms with Gasteiger partial charge >= 0.3 is 0 Å². The molecule has 0 aromatic heterocycles. The van der Waals surface area contributed by atoms with Gasteiger partial charge in [-0.05, 0) is 36.4 Å². The Morgan fingerprint density at radius 2 is 1.80 bits per heavy atom. The van der Waals surface area contributed by atoms with E-state index in [1.165, 1.54) is 24.3 Å². The zero-order valence-corrected chi connectivity index (χ0v) is 13.3. The van der Waals surface area contributed by atoms with E-state index in [4.69, 9.17) is 9.94 Å². The molecule has 0 aliphatic carbocycles. The molecule has 2 rings (SSSR count). The minimum atomic E-state index is -0.602. The maximum atomic E-state index is 11.7. The summed E-state index contributed by atoms with van der Waals surface area (Å²) in [5.41, 5.74) is 2.40. The monoisotopic (exact) mass is 342 g/mol. The van der Waals surface area contributed by atoms with Crippen molar-refractivity contribution in [3.63, 3.8) is 0 Å². The highest BCUT2D eigenvalue weighted by molar-refractivity contribution is 5.93. The summed E-state index contributed by atoms with van der Waals surface area (Å²) >= 11 is 0. The minimum Gasteiger partial charge on any atom is -0.507 e. The first kappa shape index (κ1) is 18.0. The maximum Gasteiger partial charge on any atom is 0.274 e. The van der Waals surface area contributed by atoms with Crippen molar-refractivity contribution in [3.05, 3.63) is 65.7 Å². The summed E-state index contributed by atoms with van der Waals surface area (Å²) in [6.07, 6.45) is 2.85. The van der Waals surface area contributed by atoms with Crippen LogP contribution in [0.2, 0.25) is 0 Å². The standard InChI is InChI=1S/C18H18N2O5/c21-16-4-2-1-3-13(16)7-10-17(22)19-11-12-25-15-8-5-14(6-9-15)18(23)20-24/h1-10,21,24H,11-12H2,(H,19,22)(H,20,23). The van der Waals surface area contributed by atoms with E-state index < -0.39 is 5.91 Å². The molecule has 7 heteroatoms. The van der Waals surface area contributed by atoms with Gasteiger partial charge in [-0.15, -0.1) is 0 Å². The lowest BCUT2D eigenvalue weighted by Gasteiger charge is -2.07. The zero-order chi connectivity index (χ0) is 18.1. The highest BCUT2D eigenvalue weighted by Crippen LogP contribution is 2.16. The van der Waals surface area contributed by atoms with Crippen LogP contribution in [0.1, 0.15) is 15.9 Å². The Bertz CT molecular complexity index is 756. The smallest absolute Gasteiger partial charge is 0.274 e. The van der Waals surface area contributed by atoms with E-state index in [1.807, 2.05) is 0 Å². The topological polar surface area (TPSA) is 108 Å². The molecule has 0 atom stereocenters. The number of nitrogens with one attached hydrogen (secondary N) is 2. The molecule has 0 heterocycles. The number of amides is 2. The predicted molar refractivity (Wildman–Crippen MR) is 91.3 cm³/mol. The molecule has 2 amide bonds. The minimum absolute atomic E-state index is 0.105. The lowest BCUT2D eigenvalue weighted by atomic mass is 10.2. The van der Waals surface area contributed by atoms with Crippen LogP contribution in [0.25, 0.3) is 6.08 Å². The third-order valence-corrected chi connectivity index (χ3v) is 3.24. The van der Waals surface area contributed by atoms with E-state index >= 15 is 0 Å². The van der Waals surface area contributed by atoms with Gasteiger partial charge in [0.1, 0.15) is 18.1 Å². The molecule has 2 aromatic carbocycles. The number of benzene rings is 2. The predicted octanol–water partition coefficient (Wildman–Crippen LogP) is 1.72. The molecule has 130 valence electrons. The first-order chi connectivity index (χ1) is 12.1. The summed E-state index contributed by atoms with van der Waals surface area (Å²) in [6, 6.07) is 12.9. The van der Waals surface area contributed by atoms with Gasteiger partial charge < -0.3 is 15.2 Å². The fourth-order valence-corrected chi connectivity index (χ4v) is 1.96. The van der Waals surface area contributed by atoms with E-state index in [2.05, 4.69) is 5.32 Å². The van der Waals surface area contributed by atoms with Gasteiger partial charge in [0.15, 0.2) is 0 Å². The lowest BCUT2D eigenvalue weighted by Crippen LogP contribution is -2.26. The summed E-state index contributed by atoms with van der Waals surface area (Å²) in [7, 11) is 0. The Balaban J connectivity index is 1.73. The van der Waals surface area contributed by atoms with E-state index in [9.17, 15) is 14.7 Å². The summed E-state index contributed by atoms with van der Waals surface area (Å²) in [5.74, 6) is -0.265. The number of phenolic OH excluding ortho intramolecular Hbond substituents is 1. The number of carbonyl (C=O) groups is 2. The summed E-state index contributed by atoms with van der Waals surface area (Å²) in [5, 5.41) is 20.8. The van der Waals surface area contributed by atoms with Crippen LogP contribution in [0.4, 0.5) is 0 Å². The molecule has 0 spiro atoms. The molecule has 4 N–H and O–H groups in total. The number of hydroxylamine groups is 1. The first-order valence-corrected chi connectivity index (χ1v) is 7.51. The number of rotatable bonds is 7. The highest BCUT2D eigenvalue weighted by atomic mass is 16.5. The third kappa shape index (κ3) is 5.67. The van der Waals surface area contributed by atoms with Crippen LogP contribution < -0.4 is 15.5 Å². The van der Waals surface area contributed by atoms with Crippen LogP contribution in [0, 0.1) is 0 Å². The van der Waals surface area contributed by atoms with Crippen molar-refractivity contribution in [2.24, 2.45) is 0 Å². The number of ether oxygens (including phenoxy) is 1. The van der Waals surface area contributed by atoms with Gasteiger partial charge in [-0.3, -0.25) is 14.8 Å². The number of aromatic hydroxyl groups is 1. The molecule has 25 heavy (non-hydrogen) atoms. The molecule has 0 fully saturated rings. The fraction of sp³-hybridized carbons (Fsp3) is 0.111. The number of phenols is 1. The fourth-order valence-electron chi connectivity index (χ4n) is 1.96. The van der Waals surface area contributed by atoms with Crippen LogP contribution in [-0.4, -0.2) is 35.3 Å². The van der Waals surface area contributed by atoms with Crippen molar-refractivity contribution in [2.75, 3.05) is 13.2 Å². The maximum absolute atomic E-state index is 11.7. The Hall–Kier alpha value is -3.32. The van der Waals surface area contributed by atoms with Gasteiger partial charge in [-0.25, -0.2) is 5.48 Å². The van der Waals surface area contributed by atoms with Crippen LogP contribution >= 0.6 is 0 Å². The van der Waals surface area contributed by atoms with Gasteiger partial charge in [0, 0.05) is 17.2 Å². The van der Waals surface area contributed by atoms with Crippen molar-refractivity contribution in [2.45, 2.75) is 0 Å². The molecule has 0 bridgehead atoms. The SMILES string of the molecule is O=C(C=Cc1ccccc1O)NCCOc1ccc(C(=O)NO)cc1. The Labute approximate surface area is 144 Å². The van der Waals surface area contributed by atoms with Gasteiger partial charge in [-0.1, -0.05) is 18.2 Å². The number of hydrogen-bond acceptors (Lipinski definition) is 5. The third-order valence-electron chi connectivity index (χ3n) is 3.24. The van der Waals surface area contributed by atoms with Crippen LogP contribution in [-0.2, 0) is 4.79 Å². The molecule has 0 saturated heterocycles. The lowest BCUT2D eigenvalue weighted by molar-refractivity contribution is -0.116. The Morgan fingerprint density at radius 3 is 2.48 bits per heavy atom. The highest BCUT2D eigenvalue weighted by Gasteiger charge is 2.03. The molecule has 0 unspecified atom stereocenters. The summed E-state index contributed by atoms with van der Waals surface area (Å²) in [4.78, 5) is 22.9. The second kappa shape index (κ2) is 9.09. The largest absolute Gasteiger partial charge is 0.507 e. The van der Waals surface area contributed by atoms with E-state index in [1.54, 1.807) is 41.9 Å². The van der Waals surface area contributed by atoms with Crippen LogP contribution in [0.5, 0.6) is 11.5 Å². The molecule has 2 aromatic rings. The molecule has 0 saturated carbocycles. The van der Waals surface area contributed by atoms with Gasteiger partial charge in [0.2, 0.25) is 5.91 Å². The molecular formula is C18H18N2O5. The second-order valence-electron chi connectivity index (χ2n) is 5.00. The van der Waals surface area contributed by atoms with E-state index in [0.29, 0.717) is 23.4 Å². The molecular weight excluding hydrogens is 324 g/mol. The Morgan fingerprint density at radius 1 is 1.08 bits per heavy atom. The summed E-state index contributed by atoms with van der Waals surface area (Å²) < 4.78 is 5.43. The molecule has 0 aliphatic heterocycles. The van der Waals surface area contributed by atoms with Crippen molar-refractivity contribution in [1.82, 2.24) is 10.8 Å². The normalized spacial score (nSPS) is 10.4. The van der Waals surface area contributed by atoms with E-state index in [-0.39, 0.29) is 18.3 Å². The van der Waals surface area contributed by atoms with Crippen molar-refractivity contribution < 1.29 is 24.6 Å². The number of para-hydroxylation sites is 1. The summed E-state index contributed by atoms with van der Waals surface area (Å²) in [6.45, 7) is 0.546. The van der Waals surface area contributed by atoms with Crippen LogP contribution in [0.15, 0.2) is 54.6 Å². The van der Waals surface area contributed by atoms with E-state index in [0.717, 1.165) is 0 Å². The van der Waals surface area contributed by atoms with Gasteiger partial charge in [-0.2, -0.15) is 0 Å². The number of carbonyl (C=O) groups excluding carboxylic acids is 2. The van der Waals surface area contributed by atoms with Gasteiger partial charge in [0.25, 0.3) is 5.91 Å². The van der Waals surface area contributed by atoms with Crippen molar-refractivity contribution in [3.8, 4) is 11.5 Å². The van der Waals surface area contributed by atoms with Gasteiger partial charge in [0.05, 0.1) is 6.54 Å². The molecule has 0 radical (unpaired) electrons. The van der Waals surface area contributed by atoms with Crippen molar-refractivity contribution in [1.29, 1.82) is 0 Å². The van der Waals surface area contributed by atoms with Crippen molar-refractivity contribution >= 4 is 17.9 Å². The average molecular weight is 342 g/mol. The molecule has 7 nitrogen and oxygen atoms in total. The average Bonchev–Trinajstić information content (AvgIpc) is 2.64. The Kier molecular flexibility index (Phi) is 6.56. The zero-order valence-electron chi connectivity index (χ0n) is 13.3. The second-order valence-corrected chi connectivity index (χ2v) is 5.00. The molecule has 0 aliphatic rings. The first-order valence-electron chi connectivity index (χ1n) is 7.51. The number of hydrogen-bond donors (Lipinski definition) is 4. The quantitative estimate of drug-likeness (QED) is 0.265. The van der Waals surface area contributed by atoms with Crippen LogP contribution in [0.3, 0.4) is 0 Å².